The third kappa shape index (κ3) is 6.40. The Morgan fingerprint density at radius 1 is 0.788 bits per heavy atom. The summed E-state index contributed by atoms with van der Waals surface area (Å²) in [4.78, 5) is 43.0. The number of nitrogens with zero attached hydrogens (tertiary/aromatic N) is 3. The molecule has 0 aromatic heterocycles. The highest BCUT2D eigenvalue weighted by Crippen LogP contribution is 2.29. The molecule has 8 heteroatoms. The van der Waals surface area contributed by atoms with Gasteiger partial charge in [-0.3, -0.25) is 24.2 Å². The van der Waals surface area contributed by atoms with Crippen molar-refractivity contribution < 1.29 is 14.4 Å². The second-order valence-electron chi connectivity index (χ2n) is 8.53. The lowest BCUT2D eigenvalue weighted by molar-refractivity contribution is -0.123. The lowest BCUT2D eigenvalue weighted by Crippen LogP contribution is -2.50. The van der Waals surface area contributed by atoms with E-state index in [2.05, 4.69) is 20.4 Å². The minimum atomic E-state index is -0.0943. The van der Waals surface area contributed by atoms with E-state index in [1.165, 1.54) is 0 Å². The monoisotopic (exact) mass is 449 g/mol. The van der Waals surface area contributed by atoms with Gasteiger partial charge in [-0.05, 0) is 24.1 Å². The van der Waals surface area contributed by atoms with E-state index >= 15 is 0 Å². The Morgan fingerprint density at radius 2 is 1.42 bits per heavy atom. The molecule has 4 rings (SSSR count). The zero-order valence-corrected chi connectivity index (χ0v) is 18.8. The van der Waals surface area contributed by atoms with Crippen LogP contribution >= 0.6 is 0 Å². The molecule has 3 amide bonds. The fraction of sp³-hybridized carbons (Fsp3) is 0.400. The first-order chi connectivity index (χ1) is 16.1. The quantitative estimate of drug-likeness (QED) is 0.641. The van der Waals surface area contributed by atoms with Crippen molar-refractivity contribution in [3.63, 3.8) is 0 Å². The summed E-state index contributed by atoms with van der Waals surface area (Å²) in [5, 5.41) is 5.94. The van der Waals surface area contributed by atoms with E-state index in [4.69, 9.17) is 0 Å². The SMILES string of the molecule is O=C(CN1CCN(CC(=O)Nc2ccccc2N2CCCC2=O)CC1)NCc1ccccc1. The Labute approximate surface area is 194 Å². The molecule has 2 aromatic carbocycles. The number of nitrogens with one attached hydrogen (secondary N) is 2. The minimum Gasteiger partial charge on any atom is -0.351 e. The molecule has 33 heavy (non-hydrogen) atoms. The lowest BCUT2D eigenvalue weighted by atomic mass is 10.2. The van der Waals surface area contributed by atoms with Gasteiger partial charge in [-0.2, -0.15) is 0 Å². The summed E-state index contributed by atoms with van der Waals surface area (Å²) in [6.45, 7) is 4.81. The number of amides is 3. The highest BCUT2D eigenvalue weighted by Gasteiger charge is 2.25. The van der Waals surface area contributed by atoms with Crippen LogP contribution in [0.15, 0.2) is 54.6 Å². The summed E-state index contributed by atoms with van der Waals surface area (Å²) in [7, 11) is 0. The Morgan fingerprint density at radius 3 is 2.09 bits per heavy atom. The van der Waals surface area contributed by atoms with Crippen LogP contribution in [0.3, 0.4) is 0 Å². The third-order valence-corrected chi connectivity index (χ3v) is 6.07. The summed E-state index contributed by atoms with van der Waals surface area (Å²) >= 11 is 0. The first kappa shape index (κ1) is 22.9. The molecule has 0 saturated carbocycles. The van der Waals surface area contributed by atoms with Crippen LogP contribution in [0.4, 0.5) is 11.4 Å². The van der Waals surface area contributed by atoms with Crippen molar-refractivity contribution >= 4 is 29.1 Å². The average molecular weight is 450 g/mol. The van der Waals surface area contributed by atoms with Crippen molar-refractivity contribution in [3.05, 3.63) is 60.2 Å². The molecule has 2 aliphatic rings. The lowest BCUT2D eigenvalue weighted by Gasteiger charge is -2.33. The van der Waals surface area contributed by atoms with Crippen LogP contribution < -0.4 is 15.5 Å². The molecular weight excluding hydrogens is 418 g/mol. The number of benzene rings is 2. The van der Waals surface area contributed by atoms with Crippen LogP contribution in [0.2, 0.25) is 0 Å². The number of anilines is 2. The minimum absolute atomic E-state index is 0.0121. The summed E-state index contributed by atoms with van der Waals surface area (Å²) in [5.41, 5.74) is 2.52. The van der Waals surface area contributed by atoms with Crippen molar-refractivity contribution in [3.8, 4) is 0 Å². The number of carbonyl (C=O) groups is 3. The first-order valence-corrected chi connectivity index (χ1v) is 11.5. The van der Waals surface area contributed by atoms with Gasteiger partial charge in [0, 0.05) is 45.7 Å². The van der Waals surface area contributed by atoms with E-state index in [1.54, 1.807) is 4.90 Å². The van der Waals surface area contributed by atoms with E-state index in [1.807, 2.05) is 54.6 Å². The smallest absolute Gasteiger partial charge is 0.238 e. The van der Waals surface area contributed by atoms with Gasteiger partial charge in [0.25, 0.3) is 0 Å². The predicted molar refractivity (Wildman–Crippen MR) is 128 cm³/mol. The zero-order chi connectivity index (χ0) is 23.0. The number of hydrogen-bond acceptors (Lipinski definition) is 5. The number of carbonyl (C=O) groups excluding carboxylic acids is 3. The molecule has 8 nitrogen and oxygen atoms in total. The van der Waals surface area contributed by atoms with Crippen LogP contribution in [0, 0.1) is 0 Å². The van der Waals surface area contributed by atoms with E-state index < -0.39 is 0 Å². The zero-order valence-electron chi connectivity index (χ0n) is 18.8. The number of rotatable bonds is 8. The number of hydrogen-bond donors (Lipinski definition) is 2. The molecular formula is C25H31N5O3. The fourth-order valence-corrected chi connectivity index (χ4v) is 4.27. The highest BCUT2D eigenvalue weighted by atomic mass is 16.2. The molecule has 2 aromatic rings. The first-order valence-electron chi connectivity index (χ1n) is 11.5. The Hall–Kier alpha value is -3.23. The third-order valence-electron chi connectivity index (χ3n) is 6.07. The van der Waals surface area contributed by atoms with Gasteiger partial charge in [-0.25, -0.2) is 0 Å². The molecule has 2 heterocycles. The van der Waals surface area contributed by atoms with Crippen molar-refractivity contribution in [2.24, 2.45) is 0 Å². The van der Waals surface area contributed by atoms with Crippen LogP contribution in [-0.4, -0.2) is 73.3 Å². The van der Waals surface area contributed by atoms with Crippen molar-refractivity contribution in [2.75, 3.05) is 56.0 Å². The Bertz CT molecular complexity index is 973. The van der Waals surface area contributed by atoms with Gasteiger partial charge in [-0.1, -0.05) is 42.5 Å². The maximum absolute atomic E-state index is 12.7. The van der Waals surface area contributed by atoms with Crippen molar-refractivity contribution in [1.29, 1.82) is 0 Å². The van der Waals surface area contributed by atoms with E-state index in [-0.39, 0.29) is 24.3 Å². The Balaban J connectivity index is 1.20. The molecule has 2 aliphatic heterocycles. The average Bonchev–Trinajstić information content (AvgIpc) is 3.25. The van der Waals surface area contributed by atoms with Gasteiger partial charge in [0.15, 0.2) is 0 Å². The molecule has 0 bridgehead atoms. The summed E-state index contributed by atoms with van der Waals surface area (Å²) in [5.74, 6) is 0.0156. The van der Waals surface area contributed by atoms with Gasteiger partial charge in [0.05, 0.1) is 24.5 Å². The van der Waals surface area contributed by atoms with Gasteiger partial charge in [0.1, 0.15) is 0 Å². The maximum atomic E-state index is 12.7. The van der Waals surface area contributed by atoms with Crippen LogP contribution in [0.25, 0.3) is 0 Å². The predicted octanol–water partition coefficient (Wildman–Crippen LogP) is 1.69. The van der Waals surface area contributed by atoms with Crippen molar-refractivity contribution in [2.45, 2.75) is 19.4 Å². The van der Waals surface area contributed by atoms with Crippen LogP contribution in [0.5, 0.6) is 0 Å². The highest BCUT2D eigenvalue weighted by molar-refractivity contribution is 6.02. The molecule has 2 N–H and O–H groups in total. The number of piperazine rings is 1. The van der Waals surface area contributed by atoms with Gasteiger partial charge in [0.2, 0.25) is 17.7 Å². The van der Waals surface area contributed by atoms with Gasteiger partial charge in [-0.15, -0.1) is 0 Å². The molecule has 0 unspecified atom stereocenters. The molecule has 174 valence electrons. The molecule has 2 saturated heterocycles. The topological polar surface area (TPSA) is 85.0 Å². The van der Waals surface area contributed by atoms with Gasteiger partial charge < -0.3 is 15.5 Å². The molecule has 0 aliphatic carbocycles. The summed E-state index contributed by atoms with van der Waals surface area (Å²) in [6, 6.07) is 17.3. The van der Waals surface area contributed by atoms with E-state index in [0.717, 1.165) is 43.9 Å². The molecule has 0 radical (unpaired) electrons. The standard InChI is InChI=1S/C25H31N5O3/c31-23(26-17-20-7-2-1-3-8-20)18-28-13-15-29(16-14-28)19-24(32)27-21-9-4-5-10-22(21)30-12-6-11-25(30)33/h1-5,7-10H,6,11-19H2,(H,26,31)(H,27,32). The van der Waals surface area contributed by atoms with Gasteiger partial charge >= 0.3 is 0 Å². The number of para-hydroxylation sites is 2. The van der Waals surface area contributed by atoms with E-state index in [0.29, 0.717) is 31.7 Å². The second-order valence-corrected chi connectivity index (χ2v) is 8.53. The van der Waals surface area contributed by atoms with Crippen LogP contribution in [-0.2, 0) is 20.9 Å². The maximum Gasteiger partial charge on any atom is 0.238 e. The second kappa shape index (κ2) is 11.1. The van der Waals surface area contributed by atoms with Crippen molar-refractivity contribution in [1.82, 2.24) is 15.1 Å². The van der Waals surface area contributed by atoms with E-state index in [9.17, 15) is 14.4 Å². The molecule has 0 atom stereocenters. The summed E-state index contributed by atoms with van der Waals surface area (Å²) in [6.07, 6.45) is 1.40. The fourth-order valence-electron chi connectivity index (χ4n) is 4.27. The molecule has 0 spiro atoms. The normalized spacial score (nSPS) is 17.2. The molecule has 2 fully saturated rings. The van der Waals surface area contributed by atoms with Crippen LogP contribution in [0.1, 0.15) is 18.4 Å². The Kier molecular flexibility index (Phi) is 7.70. The largest absolute Gasteiger partial charge is 0.351 e. The summed E-state index contributed by atoms with van der Waals surface area (Å²) < 4.78 is 0.